The number of aromatic nitrogens is 6. The van der Waals surface area contributed by atoms with E-state index in [-0.39, 0.29) is 18.4 Å². The number of hydrogen-bond donors (Lipinski definition) is 2. The summed E-state index contributed by atoms with van der Waals surface area (Å²) in [5.74, 6) is 0.114. The molecule has 0 radical (unpaired) electrons. The average Bonchev–Trinajstić information content (AvgIpc) is 3.53. The summed E-state index contributed by atoms with van der Waals surface area (Å²) in [6.07, 6.45) is 5.07. The molecular weight excluding hydrogens is 444 g/mol. The number of H-pyrrole nitrogens is 1. The monoisotopic (exact) mass is 466 g/mol. The Labute approximate surface area is 200 Å². The highest BCUT2D eigenvalue weighted by atomic mass is 16.2. The number of tetrazole rings is 1. The largest absolute Gasteiger partial charge is 0.324 e. The number of anilines is 1. The summed E-state index contributed by atoms with van der Waals surface area (Å²) >= 11 is 0. The van der Waals surface area contributed by atoms with Crippen LogP contribution < -0.4 is 5.32 Å². The van der Waals surface area contributed by atoms with Crippen LogP contribution in [0.3, 0.4) is 0 Å². The fourth-order valence-corrected chi connectivity index (χ4v) is 4.74. The maximum absolute atomic E-state index is 13.9. The van der Waals surface area contributed by atoms with E-state index in [1.54, 1.807) is 35.5 Å². The second kappa shape index (κ2) is 8.39. The third kappa shape index (κ3) is 3.82. The first kappa shape index (κ1) is 21.1. The molecule has 174 valence electrons. The minimum Gasteiger partial charge on any atom is -0.324 e. The zero-order valence-corrected chi connectivity index (χ0v) is 18.8. The van der Waals surface area contributed by atoms with Crippen molar-refractivity contribution in [3.05, 3.63) is 83.9 Å². The van der Waals surface area contributed by atoms with Crippen molar-refractivity contribution in [1.29, 1.82) is 0 Å². The molecule has 0 bridgehead atoms. The van der Waals surface area contributed by atoms with E-state index in [2.05, 4.69) is 35.9 Å². The molecule has 4 aromatic rings. The molecule has 3 heterocycles. The van der Waals surface area contributed by atoms with Gasteiger partial charge in [-0.15, -0.1) is 10.2 Å². The number of nitrogens with zero attached hydrogens (tertiary/aromatic N) is 6. The standard InChI is InChI=1S/C25H22N8O2/c34-23(28-18-8-4-5-16(13-18)22-29-31-32-30-22)21-14-19-20(27-12-11-26-19)15-33(21)24(35)25(9-10-25)17-6-2-1-3-7-17/h1-8,11-13,21H,9-10,14-15H2,(H,28,34)(H,29,30,31,32). The maximum atomic E-state index is 13.9. The topological polar surface area (TPSA) is 130 Å². The predicted octanol–water partition coefficient (Wildman–Crippen LogP) is 2.28. The Bertz CT molecular complexity index is 1390. The van der Waals surface area contributed by atoms with Crippen molar-refractivity contribution in [2.75, 3.05) is 5.32 Å². The molecule has 0 saturated heterocycles. The number of hydrogen-bond acceptors (Lipinski definition) is 7. The molecule has 1 saturated carbocycles. The molecule has 0 spiro atoms. The van der Waals surface area contributed by atoms with Crippen LogP contribution in [0.1, 0.15) is 29.8 Å². The van der Waals surface area contributed by atoms with Crippen molar-refractivity contribution in [3.63, 3.8) is 0 Å². The molecule has 1 aliphatic heterocycles. The number of rotatable bonds is 5. The maximum Gasteiger partial charge on any atom is 0.247 e. The van der Waals surface area contributed by atoms with Gasteiger partial charge in [0.15, 0.2) is 0 Å². The van der Waals surface area contributed by atoms with Gasteiger partial charge in [0, 0.05) is 30.1 Å². The average molecular weight is 467 g/mol. The highest BCUT2D eigenvalue weighted by Gasteiger charge is 2.55. The van der Waals surface area contributed by atoms with Gasteiger partial charge in [0.1, 0.15) is 6.04 Å². The lowest BCUT2D eigenvalue weighted by atomic mass is 9.91. The van der Waals surface area contributed by atoms with Crippen molar-refractivity contribution >= 4 is 17.5 Å². The Morgan fingerprint density at radius 2 is 1.80 bits per heavy atom. The van der Waals surface area contributed by atoms with E-state index in [1.165, 1.54) is 0 Å². The Morgan fingerprint density at radius 3 is 2.54 bits per heavy atom. The van der Waals surface area contributed by atoms with Gasteiger partial charge in [-0.05, 0) is 35.8 Å². The molecule has 10 heteroatoms. The van der Waals surface area contributed by atoms with Gasteiger partial charge in [-0.2, -0.15) is 5.21 Å². The third-order valence-electron chi connectivity index (χ3n) is 6.73. The van der Waals surface area contributed by atoms with Crippen molar-refractivity contribution in [2.24, 2.45) is 0 Å². The molecule has 2 amide bonds. The second-order valence-corrected chi connectivity index (χ2v) is 8.86. The molecule has 10 nitrogen and oxygen atoms in total. The van der Waals surface area contributed by atoms with Crippen LogP contribution in [0.5, 0.6) is 0 Å². The summed E-state index contributed by atoms with van der Waals surface area (Å²) in [7, 11) is 0. The first-order valence-electron chi connectivity index (χ1n) is 11.4. The quantitative estimate of drug-likeness (QED) is 0.461. The summed E-state index contributed by atoms with van der Waals surface area (Å²) in [4.78, 5) is 38.1. The number of carbonyl (C=O) groups is 2. The Morgan fingerprint density at radius 1 is 1.00 bits per heavy atom. The van der Waals surface area contributed by atoms with Gasteiger partial charge in [0.25, 0.3) is 0 Å². The number of amides is 2. The molecule has 6 rings (SSSR count). The summed E-state index contributed by atoms with van der Waals surface area (Å²) in [5, 5.41) is 17.0. The van der Waals surface area contributed by atoms with Gasteiger partial charge >= 0.3 is 0 Å². The highest BCUT2D eigenvalue weighted by molar-refractivity contribution is 6.00. The van der Waals surface area contributed by atoms with Gasteiger partial charge < -0.3 is 10.2 Å². The Balaban J connectivity index is 1.30. The van der Waals surface area contributed by atoms with Gasteiger partial charge in [0.2, 0.25) is 17.6 Å². The van der Waals surface area contributed by atoms with Crippen LogP contribution in [0.4, 0.5) is 5.69 Å². The van der Waals surface area contributed by atoms with E-state index in [4.69, 9.17) is 0 Å². The molecular formula is C25H22N8O2. The van der Waals surface area contributed by atoms with Gasteiger partial charge in [0.05, 0.1) is 23.3 Å². The molecule has 2 aliphatic rings. The highest BCUT2D eigenvalue weighted by Crippen LogP contribution is 2.50. The molecule has 1 atom stereocenters. The van der Waals surface area contributed by atoms with Crippen molar-refractivity contribution in [1.82, 2.24) is 35.5 Å². The minimum atomic E-state index is -0.707. The van der Waals surface area contributed by atoms with Gasteiger partial charge in [-0.3, -0.25) is 19.6 Å². The predicted molar refractivity (Wildman–Crippen MR) is 126 cm³/mol. The smallest absolute Gasteiger partial charge is 0.247 e. The molecule has 2 aromatic heterocycles. The van der Waals surface area contributed by atoms with Crippen LogP contribution in [-0.2, 0) is 28.0 Å². The molecule has 2 aromatic carbocycles. The molecule has 2 N–H and O–H groups in total. The van der Waals surface area contributed by atoms with E-state index in [1.807, 2.05) is 36.4 Å². The fourth-order valence-electron chi connectivity index (χ4n) is 4.74. The van der Waals surface area contributed by atoms with Crippen molar-refractivity contribution < 1.29 is 9.59 Å². The SMILES string of the molecule is O=C(Nc1cccc(-c2nn[nH]n2)c1)C1Cc2nccnc2CN1C(=O)C1(c2ccccc2)CC1. The van der Waals surface area contributed by atoms with Crippen LogP contribution in [0, 0.1) is 0 Å². The van der Waals surface area contributed by atoms with Crippen LogP contribution in [0.25, 0.3) is 11.4 Å². The normalized spacial score (nSPS) is 17.9. The molecule has 1 aliphatic carbocycles. The zero-order chi connectivity index (χ0) is 23.8. The summed E-state index contributed by atoms with van der Waals surface area (Å²) in [6, 6.07) is 16.3. The van der Waals surface area contributed by atoms with Crippen LogP contribution >= 0.6 is 0 Å². The number of aromatic amines is 1. The minimum absolute atomic E-state index is 0.0410. The zero-order valence-electron chi connectivity index (χ0n) is 18.8. The van der Waals surface area contributed by atoms with E-state index in [9.17, 15) is 9.59 Å². The van der Waals surface area contributed by atoms with Crippen LogP contribution in [-0.4, -0.2) is 53.3 Å². The third-order valence-corrected chi connectivity index (χ3v) is 6.73. The number of fused-ring (bicyclic) bond motifs is 1. The lowest BCUT2D eigenvalue weighted by molar-refractivity contribution is -0.142. The van der Waals surface area contributed by atoms with Crippen LogP contribution in [0.15, 0.2) is 67.0 Å². The summed E-state index contributed by atoms with van der Waals surface area (Å²) in [5.41, 5.74) is 3.17. The molecule has 1 unspecified atom stereocenters. The number of benzene rings is 2. The first-order chi connectivity index (χ1) is 17.1. The number of carbonyl (C=O) groups excluding carboxylic acids is 2. The lowest BCUT2D eigenvalue weighted by Crippen LogP contribution is -2.54. The summed E-state index contributed by atoms with van der Waals surface area (Å²) < 4.78 is 0. The number of nitrogens with one attached hydrogen (secondary N) is 2. The van der Waals surface area contributed by atoms with E-state index in [0.29, 0.717) is 23.5 Å². The molecule has 1 fully saturated rings. The van der Waals surface area contributed by atoms with E-state index in [0.717, 1.165) is 29.8 Å². The molecule has 35 heavy (non-hydrogen) atoms. The van der Waals surface area contributed by atoms with Crippen molar-refractivity contribution in [2.45, 2.75) is 37.3 Å². The summed E-state index contributed by atoms with van der Waals surface area (Å²) in [6.45, 7) is 0.248. The first-order valence-corrected chi connectivity index (χ1v) is 11.4. The Hall–Kier alpha value is -4.47. The van der Waals surface area contributed by atoms with Gasteiger partial charge in [-0.25, -0.2) is 0 Å². The second-order valence-electron chi connectivity index (χ2n) is 8.86. The fraction of sp³-hybridized carbons (Fsp3) is 0.240. The van der Waals surface area contributed by atoms with E-state index < -0.39 is 11.5 Å². The Kier molecular flexibility index (Phi) is 5.05. The lowest BCUT2D eigenvalue weighted by Gasteiger charge is -2.37. The van der Waals surface area contributed by atoms with E-state index >= 15 is 0 Å². The van der Waals surface area contributed by atoms with Crippen molar-refractivity contribution in [3.8, 4) is 11.4 Å². The van der Waals surface area contributed by atoms with Gasteiger partial charge in [-0.1, -0.05) is 42.5 Å². The van der Waals surface area contributed by atoms with Crippen LogP contribution in [0.2, 0.25) is 0 Å².